The maximum atomic E-state index is 12.9. The number of hydrogen-bond acceptors (Lipinski definition) is 11. The predicted molar refractivity (Wildman–Crippen MR) is 124 cm³/mol. The van der Waals surface area contributed by atoms with Gasteiger partial charge in [-0.25, -0.2) is 14.6 Å². The van der Waals surface area contributed by atoms with E-state index in [0.29, 0.717) is 16.2 Å². The van der Waals surface area contributed by atoms with Crippen molar-refractivity contribution in [3.8, 4) is 0 Å². The number of rotatable bonds is 10. The molecule has 0 saturated carbocycles. The van der Waals surface area contributed by atoms with Gasteiger partial charge < -0.3 is 20.4 Å². The van der Waals surface area contributed by atoms with Gasteiger partial charge in [0.15, 0.2) is 10.8 Å². The number of aromatic nitrogens is 1. The van der Waals surface area contributed by atoms with E-state index in [-0.39, 0.29) is 17.1 Å². The topological polar surface area (TPSA) is 188 Å². The molecule has 2 unspecified atom stereocenters. The third-order valence-corrected chi connectivity index (χ3v) is 7.44. The molecule has 4 N–H and O–H groups in total. The third kappa shape index (κ3) is 6.23. The number of hydrogen-bond donors (Lipinski definition) is 4. The fourth-order valence-electron chi connectivity index (χ4n) is 2.96. The number of alkyl halides is 3. The number of aliphatic carboxylic acids is 2. The molecule has 3 amide bonds. The van der Waals surface area contributed by atoms with E-state index in [1.165, 1.54) is 10.7 Å². The summed E-state index contributed by atoms with van der Waals surface area (Å²) in [5.41, 5.74) is -1.34. The van der Waals surface area contributed by atoms with Crippen molar-refractivity contribution in [2.24, 2.45) is 5.16 Å². The third-order valence-electron chi connectivity index (χ3n) is 4.43. The van der Waals surface area contributed by atoms with Crippen molar-refractivity contribution < 1.29 is 52.2 Å². The monoisotopic (exact) mass is 581 g/mol. The van der Waals surface area contributed by atoms with Crippen LogP contribution in [0.5, 0.6) is 0 Å². The van der Waals surface area contributed by atoms with Gasteiger partial charge in [0.2, 0.25) is 6.61 Å². The zero-order chi connectivity index (χ0) is 27.5. The van der Waals surface area contributed by atoms with Gasteiger partial charge in [0.05, 0.1) is 0 Å². The van der Waals surface area contributed by atoms with Gasteiger partial charge in [0.1, 0.15) is 22.8 Å². The summed E-state index contributed by atoms with van der Waals surface area (Å²) in [6.07, 6.45) is -5.20. The number of fused-ring (bicyclic) bond motifs is 1. The molecule has 0 aromatic carbocycles. The van der Waals surface area contributed by atoms with Crippen molar-refractivity contribution in [3.05, 3.63) is 33.7 Å². The fraction of sp³-hybridized carbons (Fsp3) is 0.278. The van der Waals surface area contributed by atoms with Crippen molar-refractivity contribution in [3.63, 3.8) is 0 Å². The van der Waals surface area contributed by atoms with Crippen molar-refractivity contribution in [1.82, 2.24) is 15.2 Å². The molecule has 0 radical (unpaired) electrons. The van der Waals surface area contributed by atoms with E-state index in [2.05, 4.69) is 26.9 Å². The molecule has 3 rings (SSSR count). The van der Waals surface area contributed by atoms with Crippen molar-refractivity contribution >= 4 is 75.4 Å². The second kappa shape index (κ2) is 11.2. The van der Waals surface area contributed by atoms with Crippen LogP contribution in [0.2, 0.25) is 0 Å². The second-order valence-corrected chi connectivity index (χ2v) is 9.84. The molecular weight excluding hydrogens is 567 g/mol. The summed E-state index contributed by atoms with van der Waals surface area (Å²) in [6, 6.07) is -1.21. The minimum absolute atomic E-state index is 0.205. The Bertz CT molecular complexity index is 1230. The normalized spacial score (nSPS) is 19.5. The zero-order valence-electron chi connectivity index (χ0n) is 18.0. The lowest BCUT2D eigenvalue weighted by atomic mass is 10.0. The van der Waals surface area contributed by atoms with Gasteiger partial charge in [-0.2, -0.15) is 13.2 Å². The van der Waals surface area contributed by atoms with Crippen LogP contribution in [0.1, 0.15) is 5.69 Å². The Kier molecular flexibility index (Phi) is 8.49. The van der Waals surface area contributed by atoms with Crippen molar-refractivity contribution in [2.75, 3.05) is 17.7 Å². The van der Waals surface area contributed by atoms with Crippen LogP contribution in [-0.2, 0) is 28.8 Å². The van der Waals surface area contributed by atoms with Gasteiger partial charge in [-0.05, 0) is 5.41 Å². The molecule has 2 atom stereocenters. The second-order valence-electron chi connectivity index (χ2n) is 6.82. The van der Waals surface area contributed by atoms with Crippen LogP contribution < -0.4 is 10.6 Å². The Labute approximate surface area is 216 Å². The number of carboxylic acid groups (broad SMARTS) is 2. The minimum atomic E-state index is -5.20. The molecule has 19 heteroatoms. The number of carboxylic acids is 2. The zero-order valence-corrected chi connectivity index (χ0v) is 20.4. The van der Waals surface area contributed by atoms with E-state index in [1.54, 1.807) is 0 Å². The highest BCUT2D eigenvalue weighted by atomic mass is 32.2. The van der Waals surface area contributed by atoms with E-state index < -0.39 is 64.7 Å². The molecule has 1 fully saturated rings. The number of halogens is 3. The number of carbonyl (C=O) groups excluding carboxylic acids is 3. The number of anilines is 1. The summed E-state index contributed by atoms with van der Waals surface area (Å²) in [6.45, 7) is 2.54. The molecular formula is C18H14F3N5O8S3. The first-order chi connectivity index (χ1) is 17.3. The fourth-order valence-corrected chi connectivity index (χ4v) is 5.82. The molecule has 0 spiro atoms. The Hall–Kier alpha value is -3.58. The van der Waals surface area contributed by atoms with Gasteiger partial charge in [0, 0.05) is 16.0 Å². The van der Waals surface area contributed by atoms with Gasteiger partial charge in [-0.15, -0.1) is 23.1 Å². The molecule has 2 aliphatic heterocycles. The van der Waals surface area contributed by atoms with Crippen LogP contribution >= 0.6 is 34.9 Å². The van der Waals surface area contributed by atoms with Crippen LogP contribution in [0.25, 0.3) is 0 Å². The first-order valence-electron chi connectivity index (χ1n) is 9.60. The van der Waals surface area contributed by atoms with Crippen molar-refractivity contribution in [1.29, 1.82) is 0 Å². The predicted octanol–water partition coefficient (Wildman–Crippen LogP) is 1.02. The summed E-state index contributed by atoms with van der Waals surface area (Å²) >= 11 is 2.71. The van der Waals surface area contributed by atoms with Crippen LogP contribution in [0, 0.1) is 0 Å². The number of thiazole rings is 1. The lowest BCUT2D eigenvalue weighted by Crippen LogP contribution is -2.71. The van der Waals surface area contributed by atoms with E-state index in [4.69, 9.17) is 5.11 Å². The maximum Gasteiger partial charge on any atom is 0.471 e. The molecule has 1 aromatic heterocycles. The van der Waals surface area contributed by atoms with Gasteiger partial charge >= 0.3 is 24.0 Å². The van der Waals surface area contributed by atoms with Crippen LogP contribution in [0.15, 0.2) is 33.1 Å². The molecule has 0 bridgehead atoms. The summed E-state index contributed by atoms with van der Waals surface area (Å²) in [5, 5.41) is 26.6. The summed E-state index contributed by atoms with van der Waals surface area (Å²) in [4.78, 5) is 68.8. The molecule has 0 aliphatic carbocycles. The van der Waals surface area contributed by atoms with Crippen LogP contribution in [0.3, 0.4) is 0 Å². The lowest BCUT2D eigenvalue weighted by molar-refractivity contribution is -0.167. The highest BCUT2D eigenvalue weighted by molar-refractivity contribution is 8.08. The maximum absolute atomic E-state index is 12.9. The number of carbonyl (C=O) groups is 5. The molecule has 1 aromatic rings. The van der Waals surface area contributed by atoms with Crippen LogP contribution in [0.4, 0.5) is 18.3 Å². The molecule has 2 aliphatic rings. The Balaban J connectivity index is 1.81. The van der Waals surface area contributed by atoms with E-state index in [0.717, 1.165) is 33.8 Å². The number of thioether (sulfide) groups is 2. The quantitative estimate of drug-likeness (QED) is 0.175. The minimum Gasteiger partial charge on any atom is -0.479 e. The smallest absolute Gasteiger partial charge is 0.471 e. The average Bonchev–Trinajstić information content (AvgIpc) is 3.27. The van der Waals surface area contributed by atoms with Crippen molar-refractivity contribution in [2.45, 2.75) is 17.6 Å². The largest absolute Gasteiger partial charge is 0.479 e. The van der Waals surface area contributed by atoms with Gasteiger partial charge in [-0.3, -0.25) is 24.6 Å². The molecule has 13 nitrogen and oxygen atoms in total. The Morgan fingerprint density at radius 1 is 1.35 bits per heavy atom. The molecule has 37 heavy (non-hydrogen) atoms. The lowest BCUT2D eigenvalue weighted by Gasteiger charge is -2.49. The number of amides is 3. The summed E-state index contributed by atoms with van der Waals surface area (Å²) in [7, 11) is 0. The molecule has 1 saturated heterocycles. The first kappa shape index (κ1) is 28.0. The summed E-state index contributed by atoms with van der Waals surface area (Å²) in [5.74, 6) is -6.79. The van der Waals surface area contributed by atoms with Gasteiger partial charge in [-0.1, -0.05) is 23.5 Å². The highest BCUT2D eigenvalue weighted by Gasteiger charge is 2.54. The SMILES string of the molecule is C=CSC1=C(C(=O)O)N2C(=O)C(NC(=O)/C(=N/OCC(=O)O)c3csc(NC(=O)C(F)(F)F)n3)C2SC1. The standard InChI is InChI=1S/C18H14F3N5O8S3/c1-2-35-7-5-36-14-10(13(30)26(14)11(7)15(31)32)23-12(29)9(25-34-3-8(27)28)6-4-37-17(22-6)24-16(33)18(19,20)21/h2,4,10,14H,1,3,5H2,(H,23,29)(H,27,28)(H,31,32)(H,22,24,33)/b25-9+. The van der Waals surface area contributed by atoms with Crippen LogP contribution in [-0.4, -0.2) is 85.4 Å². The number of β-lactam (4-membered cyclic amide) rings is 1. The first-order valence-corrected chi connectivity index (χ1v) is 12.4. The van der Waals surface area contributed by atoms with E-state index >= 15 is 0 Å². The van der Waals surface area contributed by atoms with E-state index in [9.17, 15) is 42.3 Å². The molecule has 3 heterocycles. The molecule has 198 valence electrons. The van der Waals surface area contributed by atoms with E-state index in [1.807, 2.05) is 0 Å². The number of nitrogens with one attached hydrogen (secondary N) is 2. The van der Waals surface area contributed by atoms with Gasteiger partial charge in [0.25, 0.3) is 11.8 Å². The Morgan fingerprint density at radius 2 is 2.05 bits per heavy atom. The Morgan fingerprint density at radius 3 is 2.65 bits per heavy atom. The number of nitrogens with zero attached hydrogens (tertiary/aromatic N) is 3. The number of oxime groups is 1. The average molecular weight is 582 g/mol. The summed E-state index contributed by atoms with van der Waals surface area (Å²) < 4.78 is 37.5. The highest BCUT2D eigenvalue weighted by Crippen LogP contribution is 2.43.